The Labute approximate surface area is 186 Å². The summed E-state index contributed by atoms with van der Waals surface area (Å²) in [5.74, 6) is -0.133. The summed E-state index contributed by atoms with van der Waals surface area (Å²) in [5, 5.41) is 12.8. The zero-order chi connectivity index (χ0) is 21.8. The molecule has 1 aliphatic heterocycles. The highest BCUT2D eigenvalue weighted by atomic mass is 35.5. The van der Waals surface area contributed by atoms with Crippen molar-refractivity contribution in [1.29, 1.82) is 0 Å². The number of hydrogen-bond acceptors (Lipinski definition) is 5. The number of aromatic nitrogens is 1. The van der Waals surface area contributed by atoms with E-state index in [1.54, 1.807) is 24.4 Å². The Bertz CT molecular complexity index is 1170. The predicted molar refractivity (Wildman–Crippen MR) is 125 cm³/mol. The molecule has 7 heteroatoms. The Morgan fingerprint density at radius 1 is 1.16 bits per heavy atom. The van der Waals surface area contributed by atoms with Gasteiger partial charge in [-0.1, -0.05) is 35.9 Å². The molecule has 3 aromatic rings. The largest absolute Gasteiger partial charge is 0.494 e. The van der Waals surface area contributed by atoms with Crippen molar-refractivity contribution in [2.45, 2.75) is 13.3 Å². The number of benzene rings is 2. The maximum atomic E-state index is 13.2. The molecule has 1 fully saturated rings. The lowest BCUT2D eigenvalue weighted by molar-refractivity contribution is 0.0377. The third-order valence-corrected chi connectivity index (χ3v) is 5.84. The summed E-state index contributed by atoms with van der Waals surface area (Å²) in [7, 11) is 0. The SMILES string of the molecule is Cc1ccc(Cl)cc1-n1c(O)c(C=NCCCN2CCOCC2)c2ccccc2c1=O. The van der Waals surface area contributed by atoms with E-state index in [1.165, 1.54) is 4.57 Å². The first-order valence-electron chi connectivity index (χ1n) is 10.5. The molecule has 6 nitrogen and oxygen atoms in total. The summed E-state index contributed by atoms with van der Waals surface area (Å²) < 4.78 is 6.70. The minimum absolute atomic E-state index is 0.133. The predicted octanol–water partition coefficient (Wildman–Crippen LogP) is 3.80. The van der Waals surface area contributed by atoms with E-state index in [9.17, 15) is 9.90 Å². The van der Waals surface area contributed by atoms with E-state index in [2.05, 4.69) is 9.89 Å². The van der Waals surface area contributed by atoms with Gasteiger partial charge in [0.2, 0.25) is 5.88 Å². The van der Waals surface area contributed by atoms with Gasteiger partial charge in [0.05, 0.1) is 24.5 Å². The molecule has 0 aliphatic carbocycles. The minimum atomic E-state index is -0.289. The van der Waals surface area contributed by atoms with Crippen molar-refractivity contribution >= 4 is 28.6 Å². The van der Waals surface area contributed by atoms with Crippen LogP contribution in [0.4, 0.5) is 0 Å². The number of halogens is 1. The molecule has 0 atom stereocenters. The molecular formula is C24H26ClN3O3. The molecule has 4 rings (SSSR count). The molecule has 1 aliphatic rings. The molecule has 0 bridgehead atoms. The summed E-state index contributed by atoms with van der Waals surface area (Å²) >= 11 is 6.18. The van der Waals surface area contributed by atoms with Gasteiger partial charge in [0, 0.05) is 48.2 Å². The second-order valence-electron chi connectivity index (χ2n) is 7.70. The molecule has 2 heterocycles. The zero-order valence-corrected chi connectivity index (χ0v) is 18.3. The molecule has 1 N–H and O–H groups in total. The van der Waals surface area contributed by atoms with Crippen LogP contribution in [0.2, 0.25) is 5.02 Å². The van der Waals surface area contributed by atoms with Gasteiger partial charge in [-0.25, -0.2) is 4.57 Å². The van der Waals surface area contributed by atoms with Gasteiger partial charge in [0.1, 0.15) is 0 Å². The van der Waals surface area contributed by atoms with Crippen LogP contribution in [0.15, 0.2) is 52.3 Å². The van der Waals surface area contributed by atoms with Crippen molar-refractivity contribution in [2.24, 2.45) is 4.99 Å². The van der Waals surface area contributed by atoms with Crippen molar-refractivity contribution in [3.8, 4) is 11.6 Å². The summed E-state index contributed by atoms with van der Waals surface area (Å²) in [5.41, 5.74) is 1.64. The molecule has 0 spiro atoms. The van der Waals surface area contributed by atoms with E-state index in [1.807, 2.05) is 31.2 Å². The van der Waals surface area contributed by atoms with Crippen LogP contribution in [-0.2, 0) is 4.74 Å². The molecule has 0 unspecified atom stereocenters. The van der Waals surface area contributed by atoms with Crippen molar-refractivity contribution in [3.63, 3.8) is 0 Å². The van der Waals surface area contributed by atoms with Gasteiger partial charge >= 0.3 is 0 Å². The van der Waals surface area contributed by atoms with Crippen LogP contribution in [0.25, 0.3) is 16.5 Å². The van der Waals surface area contributed by atoms with Crippen LogP contribution in [0.1, 0.15) is 17.5 Å². The molecular weight excluding hydrogens is 414 g/mol. The number of aliphatic imine (C=N–C) groups is 1. The van der Waals surface area contributed by atoms with E-state index in [4.69, 9.17) is 16.3 Å². The Morgan fingerprint density at radius 3 is 2.68 bits per heavy atom. The van der Waals surface area contributed by atoms with Gasteiger partial charge in [-0.05, 0) is 37.1 Å². The van der Waals surface area contributed by atoms with E-state index < -0.39 is 0 Å². The second-order valence-corrected chi connectivity index (χ2v) is 8.13. The average Bonchev–Trinajstić information content (AvgIpc) is 2.78. The molecule has 0 saturated carbocycles. The van der Waals surface area contributed by atoms with Crippen molar-refractivity contribution in [1.82, 2.24) is 9.47 Å². The van der Waals surface area contributed by atoms with E-state index >= 15 is 0 Å². The summed E-state index contributed by atoms with van der Waals surface area (Å²) in [4.78, 5) is 20.1. The monoisotopic (exact) mass is 439 g/mol. The maximum absolute atomic E-state index is 13.2. The molecule has 0 radical (unpaired) electrons. The summed E-state index contributed by atoms with van der Waals surface area (Å²) in [6.45, 7) is 6.97. The van der Waals surface area contributed by atoms with Gasteiger partial charge < -0.3 is 9.84 Å². The number of nitrogens with zero attached hydrogens (tertiary/aromatic N) is 3. The van der Waals surface area contributed by atoms with Crippen molar-refractivity contribution in [3.05, 3.63) is 69.0 Å². The number of morpholine rings is 1. The number of pyridine rings is 1. The third kappa shape index (κ3) is 4.66. The van der Waals surface area contributed by atoms with Crippen molar-refractivity contribution < 1.29 is 9.84 Å². The lowest BCUT2D eigenvalue weighted by Crippen LogP contribution is -2.37. The molecule has 162 valence electrons. The molecule has 1 saturated heterocycles. The standard InChI is InChI=1S/C24H26ClN3O3/c1-17-7-8-18(25)15-22(17)28-23(29)20-6-3-2-5-19(20)21(24(28)30)16-26-9-4-10-27-11-13-31-14-12-27/h2-3,5-8,15-16,30H,4,9-14H2,1H3. The fraction of sp³-hybridized carbons (Fsp3) is 0.333. The van der Waals surface area contributed by atoms with Crippen LogP contribution < -0.4 is 5.56 Å². The van der Waals surface area contributed by atoms with Gasteiger partial charge in [-0.15, -0.1) is 0 Å². The summed E-state index contributed by atoms with van der Waals surface area (Å²) in [6, 6.07) is 12.6. The zero-order valence-electron chi connectivity index (χ0n) is 17.6. The number of rotatable bonds is 6. The maximum Gasteiger partial charge on any atom is 0.265 e. The Balaban J connectivity index is 1.67. The molecule has 0 amide bonds. The third-order valence-electron chi connectivity index (χ3n) is 5.60. The topological polar surface area (TPSA) is 67.1 Å². The van der Waals surface area contributed by atoms with E-state index in [-0.39, 0.29) is 11.4 Å². The first-order valence-corrected chi connectivity index (χ1v) is 10.9. The summed E-state index contributed by atoms with van der Waals surface area (Å²) in [6.07, 6.45) is 2.59. The van der Waals surface area contributed by atoms with Crippen LogP contribution in [0.5, 0.6) is 5.88 Å². The highest BCUT2D eigenvalue weighted by Crippen LogP contribution is 2.28. The smallest absolute Gasteiger partial charge is 0.265 e. The Morgan fingerprint density at radius 2 is 1.90 bits per heavy atom. The first kappa shape index (κ1) is 21.6. The number of aryl methyl sites for hydroxylation is 1. The minimum Gasteiger partial charge on any atom is -0.494 e. The van der Waals surface area contributed by atoms with E-state index in [0.717, 1.165) is 44.8 Å². The average molecular weight is 440 g/mol. The lowest BCUT2D eigenvalue weighted by atomic mass is 10.1. The number of ether oxygens (including phenoxy) is 1. The van der Waals surface area contributed by atoms with Gasteiger partial charge in [-0.3, -0.25) is 14.7 Å². The fourth-order valence-corrected chi connectivity index (χ4v) is 4.07. The Kier molecular flexibility index (Phi) is 6.70. The molecule has 31 heavy (non-hydrogen) atoms. The quantitative estimate of drug-likeness (QED) is 0.468. The lowest BCUT2D eigenvalue weighted by Gasteiger charge is -2.26. The van der Waals surface area contributed by atoms with Gasteiger partial charge in [-0.2, -0.15) is 0 Å². The second kappa shape index (κ2) is 9.64. The number of fused-ring (bicyclic) bond motifs is 1. The molecule has 1 aromatic heterocycles. The van der Waals surface area contributed by atoms with Crippen LogP contribution >= 0.6 is 11.6 Å². The van der Waals surface area contributed by atoms with E-state index in [0.29, 0.717) is 33.6 Å². The first-order chi connectivity index (χ1) is 15.1. The van der Waals surface area contributed by atoms with Crippen LogP contribution in [0, 0.1) is 6.92 Å². The van der Waals surface area contributed by atoms with Gasteiger partial charge in [0.15, 0.2) is 0 Å². The molecule has 2 aromatic carbocycles. The van der Waals surface area contributed by atoms with Gasteiger partial charge in [0.25, 0.3) is 5.56 Å². The number of hydrogen-bond donors (Lipinski definition) is 1. The Hall–Kier alpha value is -2.67. The van der Waals surface area contributed by atoms with Crippen LogP contribution in [-0.4, -0.2) is 60.2 Å². The van der Waals surface area contributed by atoms with Crippen LogP contribution in [0.3, 0.4) is 0 Å². The highest BCUT2D eigenvalue weighted by Gasteiger charge is 2.17. The normalized spacial score (nSPS) is 15.2. The highest BCUT2D eigenvalue weighted by molar-refractivity contribution is 6.30. The van der Waals surface area contributed by atoms with Crippen molar-refractivity contribution in [2.75, 3.05) is 39.4 Å². The fourth-order valence-electron chi connectivity index (χ4n) is 3.90. The number of aromatic hydroxyl groups is 1.